The lowest BCUT2D eigenvalue weighted by Gasteiger charge is -2.08. The number of ether oxygens (including phenoxy) is 8. The average molecular weight is 559 g/mol. The molecule has 0 aromatic heterocycles. The van der Waals surface area contributed by atoms with Crippen molar-refractivity contribution in [2.24, 2.45) is 0 Å². The molecule has 0 aliphatic carbocycles. The van der Waals surface area contributed by atoms with Crippen LogP contribution in [-0.2, 0) is 37.9 Å². The minimum atomic E-state index is -0.319. The Morgan fingerprint density at radius 2 is 0.737 bits per heavy atom. The highest BCUT2D eigenvalue weighted by atomic mass is 16.6. The lowest BCUT2D eigenvalue weighted by molar-refractivity contribution is -0.0223. The van der Waals surface area contributed by atoms with E-state index in [4.69, 9.17) is 53.2 Å². The van der Waals surface area contributed by atoms with Crippen LogP contribution in [-0.4, -0.2) is 140 Å². The van der Waals surface area contributed by atoms with Gasteiger partial charge in [-0.05, 0) is 13.3 Å². The average Bonchev–Trinajstić information content (AvgIpc) is 2.91. The zero-order chi connectivity index (χ0) is 28.2. The van der Waals surface area contributed by atoms with Gasteiger partial charge in [-0.25, -0.2) is 0 Å². The first-order chi connectivity index (χ1) is 18.7. The summed E-state index contributed by atoms with van der Waals surface area (Å²) in [5.74, 6) is 0. The molecule has 0 heterocycles. The molecule has 3 N–H and O–H groups in total. The molecule has 1 atom stereocenters. The van der Waals surface area contributed by atoms with E-state index >= 15 is 0 Å². The van der Waals surface area contributed by atoms with Gasteiger partial charge < -0.3 is 53.2 Å². The summed E-state index contributed by atoms with van der Waals surface area (Å²) in [6.07, 6.45) is 7.42. The molecule has 232 valence electrons. The minimum absolute atomic E-state index is 0.0312. The fraction of sp³-hybridized carbons (Fsp3) is 1.00. The molecule has 0 aromatic carbocycles. The highest BCUT2D eigenvalue weighted by molar-refractivity contribution is 4.45. The molecule has 0 aliphatic heterocycles. The molecule has 0 fully saturated rings. The van der Waals surface area contributed by atoms with Gasteiger partial charge >= 0.3 is 0 Å². The van der Waals surface area contributed by atoms with Gasteiger partial charge in [0.15, 0.2) is 0 Å². The van der Waals surface area contributed by atoms with E-state index in [2.05, 4.69) is 6.92 Å². The topological polar surface area (TPSA) is 135 Å². The quantitative estimate of drug-likeness (QED) is 0.108. The van der Waals surface area contributed by atoms with Crippen molar-refractivity contribution < 1.29 is 53.2 Å². The second kappa shape index (κ2) is 38.7. The van der Waals surface area contributed by atoms with Crippen LogP contribution in [0.1, 0.15) is 52.4 Å². The van der Waals surface area contributed by atoms with Gasteiger partial charge in [-0.2, -0.15) is 0 Å². The van der Waals surface area contributed by atoms with Crippen molar-refractivity contribution in [2.75, 3.05) is 119 Å². The lowest BCUT2D eigenvalue weighted by atomic mass is 10.1. The fourth-order valence-corrected chi connectivity index (χ4v) is 2.79. The Morgan fingerprint density at radius 1 is 0.421 bits per heavy atom. The third-order valence-electron chi connectivity index (χ3n) is 4.70. The van der Waals surface area contributed by atoms with Crippen molar-refractivity contribution in [3.8, 4) is 0 Å². The zero-order valence-corrected chi connectivity index (χ0v) is 24.2. The molecule has 0 saturated heterocycles. The molecule has 11 heteroatoms. The molecule has 0 radical (unpaired) electrons. The van der Waals surface area contributed by atoms with Crippen LogP contribution >= 0.6 is 0 Å². The van der Waals surface area contributed by atoms with Crippen LogP contribution in [0.25, 0.3) is 0 Å². The first-order valence-electron chi connectivity index (χ1n) is 14.2. The Labute approximate surface area is 231 Å². The van der Waals surface area contributed by atoms with Crippen LogP contribution in [0.2, 0.25) is 0 Å². The molecule has 0 amide bonds. The summed E-state index contributed by atoms with van der Waals surface area (Å²) in [7, 11) is 0. The maximum atomic E-state index is 8.90. The predicted octanol–water partition coefficient (Wildman–Crippen LogP) is 1.83. The van der Waals surface area contributed by atoms with Crippen molar-refractivity contribution in [3.63, 3.8) is 0 Å². The number of unbranched alkanes of at least 4 members (excludes halogenated alkanes) is 5. The SMILES string of the molecule is CCCCCCCCOCC(C)O.OCCOCCOCCOCCOCCOCCOCCOCCO. The standard InChI is InChI=1S/C16H34O9.C11H24O2/c17-1-3-19-5-7-21-9-11-23-13-15-25-16-14-24-12-10-22-8-6-20-4-2-18;1-3-4-5-6-7-8-9-13-10-11(2)12/h17-18H,1-16H2;11-12H,3-10H2,1-2H3. The van der Waals surface area contributed by atoms with Gasteiger partial charge in [-0.1, -0.05) is 39.0 Å². The van der Waals surface area contributed by atoms with E-state index in [9.17, 15) is 0 Å². The molecule has 0 spiro atoms. The molecule has 1 unspecified atom stereocenters. The second-order valence-electron chi connectivity index (χ2n) is 8.43. The molecule has 11 nitrogen and oxygen atoms in total. The normalized spacial score (nSPS) is 11.9. The third kappa shape index (κ3) is 42.6. The molecular weight excluding hydrogens is 500 g/mol. The summed E-state index contributed by atoms with van der Waals surface area (Å²) in [6, 6.07) is 0. The summed E-state index contributed by atoms with van der Waals surface area (Å²) in [6.45, 7) is 12.1. The summed E-state index contributed by atoms with van der Waals surface area (Å²) < 4.78 is 41.9. The van der Waals surface area contributed by atoms with Crippen molar-refractivity contribution in [1.29, 1.82) is 0 Å². The maximum Gasteiger partial charge on any atom is 0.0745 e. The monoisotopic (exact) mass is 558 g/mol. The van der Waals surface area contributed by atoms with Gasteiger partial charge in [0.2, 0.25) is 0 Å². The van der Waals surface area contributed by atoms with Crippen molar-refractivity contribution in [2.45, 2.75) is 58.5 Å². The number of aliphatic hydroxyl groups excluding tert-OH is 3. The minimum Gasteiger partial charge on any atom is -0.394 e. The number of rotatable bonds is 31. The smallest absolute Gasteiger partial charge is 0.0745 e. The molecule has 0 aliphatic rings. The second-order valence-corrected chi connectivity index (χ2v) is 8.43. The summed E-state index contributed by atoms with van der Waals surface area (Å²) in [4.78, 5) is 0. The Bertz CT molecular complexity index is 368. The van der Waals surface area contributed by atoms with Crippen LogP contribution in [0, 0.1) is 0 Å². The van der Waals surface area contributed by atoms with Crippen LogP contribution in [0.3, 0.4) is 0 Å². The zero-order valence-electron chi connectivity index (χ0n) is 24.2. The van der Waals surface area contributed by atoms with E-state index in [1.54, 1.807) is 6.92 Å². The van der Waals surface area contributed by atoms with Crippen molar-refractivity contribution in [1.82, 2.24) is 0 Å². The van der Waals surface area contributed by atoms with Gasteiger partial charge in [-0.3, -0.25) is 0 Å². The molecule has 0 bridgehead atoms. The van der Waals surface area contributed by atoms with E-state index in [0.29, 0.717) is 99.1 Å². The van der Waals surface area contributed by atoms with Crippen molar-refractivity contribution >= 4 is 0 Å². The van der Waals surface area contributed by atoms with Crippen LogP contribution < -0.4 is 0 Å². The largest absolute Gasteiger partial charge is 0.394 e. The summed E-state index contributed by atoms with van der Waals surface area (Å²) in [5, 5.41) is 25.9. The van der Waals surface area contributed by atoms with Gasteiger partial charge in [0.25, 0.3) is 0 Å². The maximum absolute atomic E-state index is 8.90. The number of hydrogen-bond donors (Lipinski definition) is 3. The van der Waals surface area contributed by atoms with E-state index in [0.717, 1.165) is 13.0 Å². The van der Waals surface area contributed by atoms with Crippen LogP contribution in [0.4, 0.5) is 0 Å². The molecule has 38 heavy (non-hydrogen) atoms. The van der Waals surface area contributed by atoms with Gasteiger partial charge in [0.05, 0.1) is 118 Å². The third-order valence-corrected chi connectivity index (χ3v) is 4.70. The van der Waals surface area contributed by atoms with Gasteiger partial charge in [0.1, 0.15) is 0 Å². The molecular formula is C27H58O11. The number of aliphatic hydroxyl groups is 3. The Hall–Kier alpha value is -0.440. The van der Waals surface area contributed by atoms with Crippen molar-refractivity contribution in [3.05, 3.63) is 0 Å². The molecule has 0 rings (SSSR count). The Balaban J connectivity index is 0. The van der Waals surface area contributed by atoms with Crippen LogP contribution in [0.15, 0.2) is 0 Å². The Kier molecular flexibility index (Phi) is 40.4. The first kappa shape index (κ1) is 39.7. The predicted molar refractivity (Wildman–Crippen MR) is 146 cm³/mol. The highest BCUT2D eigenvalue weighted by Crippen LogP contribution is 2.04. The molecule has 0 aromatic rings. The molecule has 0 saturated carbocycles. The lowest BCUT2D eigenvalue weighted by Crippen LogP contribution is -2.14. The summed E-state index contributed by atoms with van der Waals surface area (Å²) in [5.41, 5.74) is 0. The van der Waals surface area contributed by atoms with E-state index in [1.807, 2.05) is 0 Å². The first-order valence-corrected chi connectivity index (χ1v) is 14.2. The van der Waals surface area contributed by atoms with E-state index in [1.165, 1.54) is 32.1 Å². The van der Waals surface area contributed by atoms with Gasteiger partial charge in [-0.15, -0.1) is 0 Å². The number of hydrogen-bond acceptors (Lipinski definition) is 11. The fourth-order valence-electron chi connectivity index (χ4n) is 2.79. The Morgan fingerprint density at radius 3 is 1.05 bits per heavy atom. The van der Waals surface area contributed by atoms with Crippen LogP contribution in [0.5, 0.6) is 0 Å². The summed E-state index contributed by atoms with van der Waals surface area (Å²) >= 11 is 0. The van der Waals surface area contributed by atoms with E-state index < -0.39 is 0 Å². The van der Waals surface area contributed by atoms with E-state index in [-0.39, 0.29) is 19.3 Å². The van der Waals surface area contributed by atoms with Gasteiger partial charge in [0, 0.05) is 6.61 Å². The highest BCUT2D eigenvalue weighted by Gasteiger charge is 1.96.